The molecule has 0 aliphatic carbocycles. The van der Waals surface area contributed by atoms with Crippen LogP contribution in [0, 0.1) is 0 Å². The van der Waals surface area contributed by atoms with Crippen LogP contribution in [0.15, 0.2) is 12.1 Å². The summed E-state index contributed by atoms with van der Waals surface area (Å²) in [4.78, 5) is 0. The molecule has 42 valence electrons. The summed E-state index contributed by atoms with van der Waals surface area (Å²) in [6.45, 7) is 0. The predicted molar refractivity (Wildman–Crippen MR) is 20.9 cm³/mol. The van der Waals surface area contributed by atoms with E-state index in [0.717, 1.165) is 12.1 Å². The molecule has 0 saturated carbocycles. The van der Waals surface area contributed by atoms with Crippen LogP contribution in [0.1, 0.15) is 0 Å². The molecule has 0 spiro atoms. The summed E-state index contributed by atoms with van der Waals surface area (Å²) in [7, 11) is 0. The number of hydrogen-bond donors (Lipinski definition) is 0. The smallest absolute Gasteiger partial charge is 0.857 e. The van der Waals surface area contributed by atoms with Gasteiger partial charge in [0.2, 0.25) is 0 Å². The van der Waals surface area contributed by atoms with Crippen LogP contribution in [0.2, 0.25) is 0 Å². The summed E-state index contributed by atoms with van der Waals surface area (Å²) in [6, 6.07) is 2.16. The summed E-state index contributed by atoms with van der Waals surface area (Å²) >= 11 is 0. The average molecular weight is 175 g/mol. The van der Waals surface area contributed by atoms with Crippen LogP contribution >= 0.6 is 0 Å². The van der Waals surface area contributed by atoms with Crippen molar-refractivity contribution in [1.82, 2.24) is 10.2 Å². The second-order valence-corrected chi connectivity index (χ2v) is 1.21. The van der Waals surface area contributed by atoms with Crippen molar-refractivity contribution in [2.24, 2.45) is 0 Å². The molecule has 0 fully saturated rings. The van der Waals surface area contributed by atoms with Crippen LogP contribution in [-0.4, -0.2) is 10.2 Å². The maximum absolute atomic E-state index is 10.1. The van der Waals surface area contributed by atoms with E-state index in [2.05, 4.69) is 10.2 Å². The SMILES string of the molecule is [O-]c1ccc([O-])nn1.[Zn+2]. The first kappa shape index (κ1) is 8.30. The molecule has 0 saturated heterocycles. The third-order valence-electron chi connectivity index (χ3n) is 0.616. The van der Waals surface area contributed by atoms with Crippen LogP contribution in [0.25, 0.3) is 0 Å². The molecule has 0 atom stereocenters. The van der Waals surface area contributed by atoms with Crippen molar-refractivity contribution < 1.29 is 29.7 Å². The second-order valence-electron chi connectivity index (χ2n) is 1.21. The maximum Gasteiger partial charge on any atom is 2.00 e. The Kier molecular flexibility index (Phi) is 3.09. The van der Waals surface area contributed by atoms with Crippen molar-refractivity contribution in [2.75, 3.05) is 0 Å². The minimum Gasteiger partial charge on any atom is -0.857 e. The Balaban J connectivity index is 0.000000640. The van der Waals surface area contributed by atoms with Crippen molar-refractivity contribution in [1.29, 1.82) is 0 Å². The van der Waals surface area contributed by atoms with Gasteiger partial charge in [0.1, 0.15) is 0 Å². The zero-order chi connectivity index (χ0) is 5.98. The van der Waals surface area contributed by atoms with E-state index in [1.54, 1.807) is 0 Å². The van der Waals surface area contributed by atoms with Crippen molar-refractivity contribution in [2.45, 2.75) is 0 Å². The van der Waals surface area contributed by atoms with Gasteiger partial charge < -0.3 is 10.2 Å². The molecule has 0 aliphatic heterocycles. The van der Waals surface area contributed by atoms with E-state index in [1.807, 2.05) is 0 Å². The number of aromatic nitrogens is 2. The summed E-state index contributed by atoms with van der Waals surface area (Å²) < 4.78 is 0. The van der Waals surface area contributed by atoms with Gasteiger partial charge in [0.15, 0.2) is 0 Å². The van der Waals surface area contributed by atoms with E-state index in [-0.39, 0.29) is 19.5 Å². The summed E-state index contributed by atoms with van der Waals surface area (Å²) in [5, 5.41) is 26.1. The number of nitrogens with zero attached hydrogens (tertiary/aromatic N) is 2. The standard InChI is InChI=1S/C4H4N2O2.Zn/c7-3-1-2-4(8)6-5-3;/h1-2H,(H,5,7)(H,6,8);/q;+2/p-2. The molecule has 0 unspecified atom stereocenters. The van der Waals surface area contributed by atoms with E-state index in [1.165, 1.54) is 0 Å². The monoisotopic (exact) mass is 174 g/mol. The van der Waals surface area contributed by atoms with Gasteiger partial charge in [-0.25, -0.2) is 0 Å². The van der Waals surface area contributed by atoms with E-state index < -0.39 is 11.8 Å². The Morgan fingerprint density at radius 1 is 1.00 bits per heavy atom. The average Bonchev–Trinajstić information content (AvgIpc) is 1.77. The van der Waals surface area contributed by atoms with Gasteiger partial charge in [-0.2, -0.15) is 10.2 Å². The molecule has 5 heteroatoms. The topological polar surface area (TPSA) is 71.9 Å². The maximum atomic E-state index is 10.1. The van der Waals surface area contributed by atoms with Gasteiger partial charge in [-0.05, 0) is 12.1 Å². The molecule has 9 heavy (non-hydrogen) atoms. The molecule has 0 aromatic carbocycles. The fourth-order valence-corrected chi connectivity index (χ4v) is 0.308. The quantitative estimate of drug-likeness (QED) is 0.456. The fraction of sp³-hybridized carbons (Fsp3) is 0. The third-order valence-corrected chi connectivity index (χ3v) is 0.616. The molecule has 0 bridgehead atoms. The Morgan fingerprint density at radius 2 is 1.33 bits per heavy atom. The minimum atomic E-state index is -0.482. The van der Waals surface area contributed by atoms with Gasteiger partial charge in [-0.3, -0.25) is 0 Å². The number of hydrogen-bond acceptors (Lipinski definition) is 4. The van der Waals surface area contributed by atoms with Gasteiger partial charge in [0.05, 0.1) is 0 Å². The molecule has 1 aromatic rings. The first-order valence-corrected chi connectivity index (χ1v) is 1.97. The van der Waals surface area contributed by atoms with Crippen molar-refractivity contribution in [3.63, 3.8) is 0 Å². The molecule has 0 N–H and O–H groups in total. The number of rotatable bonds is 0. The second kappa shape index (κ2) is 3.35. The Bertz CT molecular complexity index is 155. The van der Waals surface area contributed by atoms with Crippen molar-refractivity contribution in [3.8, 4) is 11.8 Å². The van der Waals surface area contributed by atoms with E-state index >= 15 is 0 Å². The van der Waals surface area contributed by atoms with E-state index in [9.17, 15) is 10.2 Å². The Labute approximate surface area is 64.3 Å². The molecular weight excluding hydrogens is 173 g/mol. The predicted octanol–water partition coefficient (Wildman–Crippen LogP) is -1.38. The van der Waals surface area contributed by atoms with Gasteiger partial charge in [0.25, 0.3) is 0 Å². The fourth-order valence-electron chi connectivity index (χ4n) is 0.308. The summed E-state index contributed by atoms with van der Waals surface area (Å²) in [6.07, 6.45) is 0. The molecule has 0 amide bonds. The van der Waals surface area contributed by atoms with Crippen LogP contribution in [-0.2, 0) is 19.5 Å². The zero-order valence-electron chi connectivity index (χ0n) is 4.57. The van der Waals surface area contributed by atoms with E-state index in [0.29, 0.717) is 0 Å². The molecule has 0 aliphatic rings. The van der Waals surface area contributed by atoms with Crippen LogP contribution in [0.3, 0.4) is 0 Å². The molecule has 0 radical (unpaired) electrons. The molecule has 1 heterocycles. The van der Waals surface area contributed by atoms with Crippen LogP contribution in [0.5, 0.6) is 11.8 Å². The molecular formula is C4H2N2O2Zn. The van der Waals surface area contributed by atoms with E-state index in [4.69, 9.17) is 0 Å². The Hall–Kier alpha value is -0.697. The van der Waals surface area contributed by atoms with Crippen molar-refractivity contribution in [3.05, 3.63) is 12.1 Å². The van der Waals surface area contributed by atoms with Crippen LogP contribution in [0.4, 0.5) is 0 Å². The van der Waals surface area contributed by atoms with Gasteiger partial charge in [-0.1, -0.05) is 0 Å². The zero-order valence-corrected chi connectivity index (χ0v) is 7.54. The van der Waals surface area contributed by atoms with Gasteiger partial charge in [0, 0.05) is 11.8 Å². The normalized spacial score (nSPS) is 8.00. The minimum absolute atomic E-state index is 0. The first-order valence-electron chi connectivity index (χ1n) is 1.97. The van der Waals surface area contributed by atoms with Gasteiger partial charge in [-0.15, -0.1) is 0 Å². The van der Waals surface area contributed by atoms with Crippen LogP contribution < -0.4 is 10.2 Å². The van der Waals surface area contributed by atoms with Gasteiger partial charge >= 0.3 is 19.5 Å². The molecule has 1 rings (SSSR count). The third kappa shape index (κ3) is 2.37. The van der Waals surface area contributed by atoms with Crippen molar-refractivity contribution >= 4 is 0 Å². The Morgan fingerprint density at radius 3 is 1.56 bits per heavy atom. The largest absolute Gasteiger partial charge is 2.00 e. The summed E-state index contributed by atoms with van der Waals surface area (Å²) in [5.41, 5.74) is 0. The molecule has 1 aromatic heterocycles. The molecule has 4 nitrogen and oxygen atoms in total. The summed E-state index contributed by atoms with van der Waals surface area (Å²) in [5.74, 6) is -0.964. The first-order chi connectivity index (χ1) is 3.79.